The summed E-state index contributed by atoms with van der Waals surface area (Å²) in [6.07, 6.45) is 5.59. The van der Waals surface area contributed by atoms with Crippen LogP contribution in [0.1, 0.15) is 53.0 Å². The Labute approximate surface area is 157 Å². The number of carbonyl (C=O) groups excluding carboxylic acids is 1. The molecule has 7 nitrogen and oxygen atoms in total. The monoisotopic (exact) mass is 365 g/mol. The molecule has 2 aliphatic heterocycles. The molecule has 0 unspecified atom stereocenters. The lowest BCUT2D eigenvalue weighted by Gasteiger charge is -2.35. The summed E-state index contributed by atoms with van der Waals surface area (Å²) in [5, 5.41) is 7.39. The van der Waals surface area contributed by atoms with Crippen molar-refractivity contribution in [2.45, 2.75) is 44.2 Å². The number of amidine groups is 1. The van der Waals surface area contributed by atoms with Crippen LogP contribution in [-0.2, 0) is 17.7 Å². The highest BCUT2D eigenvalue weighted by atomic mass is 16.7. The zero-order valence-corrected chi connectivity index (χ0v) is 15.2. The SMILES string of the molecule is O=C(c1n[nH]c2c1CCCC2)N1CCC2(CC1)N=C(c1ccccc1)NO2. The first-order chi connectivity index (χ1) is 13.2. The molecule has 0 radical (unpaired) electrons. The zero-order valence-electron chi connectivity index (χ0n) is 15.2. The van der Waals surface area contributed by atoms with Crippen molar-refractivity contribution in [1.82, 2.24) is 20.6 Å². The molecule has 5 rings (SSSR count). The summed E-state index contributed by atoms with van der Waals surface area (Å²) in [5.74, 6) is 0.791. The molecular weight excluding hydrogens is 342 g/mol. The largest absolute Gasteiger partial charge is 0.337 e. The van der Waals surface area contributed by atoms with Crippen molar-refractivity contribution in [3.63, 3.8) is 0 Å². The molecule has 1 spiro atoms. The molecule has 1 aromatic carbocycles. The van der Waals surface area contributed by atoms with Gasteiger partial charge >= 0.3 is 0 Å². The molecule has 1 aliphatic carbocycles. The molecule has 1 aromatic heterocycles. The first kappa shape index (κ1) is 16.5. The van der Waals surface area contributed by atoms with Crippen LogP contribution in [0.15, 0.2) is 35.3 Å². The van der Waals surface area contributed by atoms with E-state index in [1.54, 1.807) is 0 Å². The van der Waals surface area contributed by atoms with Crippen molar-refractivity contribution in [2.24, 2.45) is 4.99 Å². The average Bonchev–Trinajstić information content (AvgIpc) is 3.34. The number of aliphatic imine (C=N–C) groups is 1. The number of aromatic amines is 1. The minimum absolute atomic E-state index is 0.0301. The zero-order chi connectivity index (χ0) is 18.3. The number of H-pyrrole nitrogens is 1. The lowest BCUT2D eigenvalue weighted by molar-refractivity contribution is -0.0850. The predicted molar refractivity (Wildman–Crippen MR) is 100 cm³/mol. The minimum Gasteiger partial charge on any atom is -0.337 e. The predicted octanol–water partition coefficient (Wildman–Crippen LogP) is 2.20. The minimum atomic E-state index is -0.576. The van der Waals surface area contributed by atoms with E-state index in [9.17, 15) is 4.79 Å². The van der Waals surface area contributed by atoms with E-state index in [0.717, 1.165) is 41.9 Å². The summed E-state index contributed by atoms with van der Waals surface area (Å²) < 4.78 is 0. The topological polar surface area (TPSA) is 82.6 Å². The average molecular weight is 365 g/mol. The molecular formula is C20H23N5O2. The molecule has 3 aliphatic rings. The Morgan fingerprint density at radius 2 is 1.89 bits per heavy atom. The van der Waals surface area contributed by atoms with Crippen molar-refractivity contribution in [2.75, 3.05) is 13.1 Å². The van der Waals surface area contributed by atoms with E-state index in [4.69, 9.17) is 9.83 Å². The van der Waals surface area contributed by atoms with E-state index >= 15 is 0 Å². The van der Waals surface area contributed by atoms with Crippen LogP contribution in [0.2, 0.25) is 0 Å². The van der Waals surface area contributed by atoms with Crippen LogP contribution in [-0.4, -0.2) is 45.7 Å². The maximum atomic E-state index is 13.0. The molecule has 140 valence electrons. The molecule has 1 saturated heterocycles. The van der Waals surface area contributed by atoms with Crippen molar-refractivity contribution in [3.05, 3.63) is 52.8 Å². The number of rotatable bonds is 2. The van der Waals surface area contributed by atoms with Crippen LogP contribution in [0.4, 0.5) is 0 Å². The van der Waals surface area contributed by atoms with Crippen molar-refractivity contribution >= 4 is 11.7 Å². The van der Waals surface area contributed by atoms with Gasteiger partial charge in [0.25, 0.3) is 5.91 Å². The van der Waals surface area contributed by atoms with E-state index in [-0.39, 0.29) is 5.91 Å². The summed E-state index contributed by atoms with van der Waals surface area (Å²) >= 11 is 0. The lowest BCUT2D eigenvalue weighted by atomic mass is 9.95. The van der Waals surface area contributed by atoms with Gasteiger partial charge in [-0.15, -0.1) is 0 Å². The third-order valence-corrected chi connectivity index (χ3v) is 5.79. The number of piperidine rings is 1. The molecule has 3 heterocycles. The Balaban J connectivity index is 1.29. The second-order valence-corrected chi connectivity index (χ2v) is 7.51. The van der Waals surface area contributed by atoms with Crippen LogP contribution in [0.5, 0.6) is 0 Å². The van der Waals surface area contributed by atoms with Crippen molar-refractivity contribution < 1.29 is 9.63 Å². The smallest absolute Gasteiger partial charge is 0.274 e. The summed E-state index contributed by atoms with van der Waals surface area (Å²) in [4.78, 5) is 25.5. The van der Waals surface area contributed by atoms with Crippen molar-refractivity contribution in [3.8, 4) is 0 Å². The molecule has 2 aromatic rings. The molecule has 0 saturated carbocycles. The van der Waals surface area contributed by atoms with Crippen LogP contribution < -0.4 is 5.48 Å². The number of hydrogen-bond acceptors (Lipinski definition) is 5. The van der Waals surface area contributed by atoms with Gasteiger partial charge in [-0.1, -0.05) is 30.3 Å². The quantitative estimate of drug-likeness (QED) is 0.855. The first-order valence-electron chi connectivity index (χ1n) is 9.69. The Kier molecular flexibility index (Phi) is 3.97. The Bertz CT molecular complexity index is 881. The van der Waals surface area contributed by atoms with Gasteiger partial charge in [0, 0.05) is 42.8 Å². The number of hydrogen-bond donors (Lipinski definition) is 2. The second kappa shape index (κ2) is 6.49. The Hall–Kier alpha value is -2.67. The summed E-state index contributed by atoms with van der Waals surface area (Å²) in [7, 11) is 0. The third kappa shape index (κ3) is 2.92. The number of benzene rings is 1. The van der Waals surface area contributed by atoms with Crippen LogP contribution >= 0.6 is 0 Å². The number of nitrogens with one attached hydrogen (secondary N) is 2. The number of fused-ring (bicyclic) bond motifs is 1. The number of aromatic nitrogens is 2. The van der Waals surface area contributed by atoms with Crippen LogP contribution in [0.25, 0.3) is 0 Å². The van der Waals surface area contributed by atoms with Gasteiger partial charge in [-0.25, -0.2) is 15.3 Å². The summed E-state index contributed by atoms with van der Waals surface area (Å²) in [6, 6.07) is 9.96. The molecule has 27 heavy (non-hydrogen) atoms. The molecule has 0 atom stereocenters. The fourth-order valence-corrected chi connectivity index (χ4v) is 4.19. The third-order valence-electron chi connectivity index (χ3n) is 5.79. The second-order valence-electron chi connectivity index (χ2n) is 7.51. The number of aryl methyl sites for hydroxylation is 1. The van der Waals surface area contributed by atoms with E-state index in [2.05, 4.69) is 15.7 Å². The molecule has 7 heteroatoms. The van der Waals surface area contributed by atoms with E-state index in [0.29, 0.717) is 31.6 Å². The van der Waals surface area contributed by atoms with Gasteiger partial charge in [0.1, 0.15) is 0 Å². The van der Waals surface area contributed by atoms with Gasteiger partial charge < -0.3 is 4.90 Å². The number of carbonyl (C=O) groups is 1. The van der Waals surface area contributed by atoms with Crippen LogP contribution in [0, 0.1) is 0 Å². The number of likely N-dealkylation sites (tertiary alicyclic amines) is 1. The summed E-state index contributed by atoms with van der Waals surface area (Å²) in [5.41, 5.74) is 6.28. The highest BCUT2D eigenvalue weighted by Crippen LogP contribution is 2.32. The van der Waals surface area contributed by atoms with Gasteiger partial charge in [0.15, 0.2) is 17.3 Å². The Morgan fingerprint density at radius 1 is 1.11 bits per heavy atom. The van der Waals surface area contributed by atoms with E-state index in [1.165, 1.54) is 6.42 Å². The number of nitrogens with zero attached hydrogens (tertiary/aromatic N) is 3. The normalized spacial score (nSPS) is 20.9. The number of amides is 1. The fourth-order valence-electron chi connectivity index (χ4n) is 4.19. The summed E-state index contributed by atoms with van der Waals surface area (Å²) in [6.45, 7) is 1.24. The molecule has 1 amide bonds. The maximum absolute atomic E-state index is 13.0. The lowest BCUT2D eigenvalue weighted by Crippen LogP contribution is -2.47. The van der Waals surface area contributed by atoms with E-state index < -0.39 is 5.72 Å². The molecule has 0 bridgehead atoms. The van der Waals surface area contributed by atoms with Gasteiger partial charge in [0.2, 0.25) is 0 Å². The van der Waals surface area contributed by atoms with Crippen molar-refractivity contribution in [1.29, 1.82) is 0 Å². The van der Waals surface area contributed by atoms with Gasteiger partial charge in [0.05, 0.1) is 0 Å². The van der Waals surface area contributed by atoms with Gasteiger partial charge in [-0.2, -0.15) is 5.10 Å². The molecule has 2 N–H and O–H groups in total. The first-order valence-corrected chi connectivity index (χ1v) is 9.69. The standard InChI is InChI=1S/C20H23N5O2/c26-19(17-15-8-4-5-9-16(15)22-23-17)25-12-10-20(11-13-25)21-18(24-27-20)14-6-2-1-3-7-14/h1-3,6-7H,4-5,8-13H2,(H,21,24)(H,22,23). The van der Waals surface area contributed by atoms with Gasteiger partial charge in [-0.3, -0.25) is 9.89 Å². The van der Waals surface area contributed by atoms with Crippen LogP contribution in [0.3, 0.4) is 0 Å². The highest BCUT2D eigenvalue weighted by molar-refractivity contribution is 5.99. The van der Waals surface area contributed by atoms with E-state index in [1.807, 2.05) is 35.2 Å². The highest BCUT2D eigenvalue weighted by Gasteiger charge is 2.42. The molecule has 1 fully saturated rings. The maximum Gasteiger partial charge on any atom is 0.274 e. The fraction of sp³-hybridized carbons (Fsp3) is 0.450. The Morgan fingerprint density at radius 3 is 2.70 bits per heavy atom. The van der Waals surface area contributed by atoms with Gasteiger partial charge in [-0.05, 0) is 25.7 Å². The number of hydroxylamine groups is 1.